The van der Waals surface area contributed by atoms with Gasteiger partial charge in [0.25, 0.3) is 0 Å². The van der Waals surface area contributed by atoms with Gasteiger partial charge in [-0.05, 0) is 24.1 Å². The molecule has 0 bridgehead atoms. The number of nitrogens with zero attached hydrogens (tertiary/aromatic N) is 2. The Bertz CT molecular complexity index is 451. The largest absolute Gasteiger partial charge is 0.492 e. The second-order valence-corrected chi connectivity index (χ2v) is 4.14. The van der Waals surface area contributed by atoms with Gasteiger partial charge in [-0.3, -0.25) is 0 Å². The van der Waals surface area contributed by atoms with Crippen LogP contribution >= 0.6 is 0 Å². The third kappa shape index (κ3) is 3.34. The van der Waals surface area contributed by atoms with Gasteiger partial charge in [-0.2, -0.15) is 0 Å². The number of rotatable bonds is 6. The van der Waals surface area contributed by atoms with Crippen LogP contribution in [0.15, 0.2) is 43.0 Å². The molecule has 96 valence electrons. The summed E-state index contributed by atoms with van der Waals surface area (Å²) in [6.45, 7) is 3.34. The number of aliphatic hydroxyl groups is 1. The molecule has 1 atom stereocenters. The molecule has 1 heterocycles. The van der Waals surface area contributed by atoms with Gasteiger partial charge in [-0.1, -0.05) is 19.1 Å². The lowest BCUT2D eigenvalue weighted by Crippen LogP contribution is -2.06. The summed E-state index contributed by atoms with van der Waals surface area (Å²) >= 11 is 0. The summed E-state index contributed by atoms with van der Waals surface area (Å²) in [4.78, 5) is 3.97. The topological polar surface area (TPSA) is 47.3 Å². The van der Waals surface area contributed by atoms with Crippen molar-refractivity contribution in [2.75, 3.05) is 6.61 Å². The van der Waals surface area contributed by atoms with Crippen LogP contribution in [0.3, 0.4) is 0 Å². The van der Waals surface area contributed by atoms with Crippen molar-refractivity contribution in [3.8, 4) is 5.75 Å². The zero-order valence-electron chi connectivity index (χ0n) is 10.5. The van der Waals surface area contributed by atoms with Crippen molar-refractivity contribution in [2.24, 2.45) is 0 Å². The van der Waals surface area contributed by atoms with Gasteiger partial charge in [-0.15, -0.1) is 0 Å². The van der Waals surface area contributed by atoms with Crippen molar-refractivity contribution in [3.63, 3.8) is 0 Å². The maximum absolute atomic E-state index is 9.67. The van der Waals surface area contributed by atoms with Crippen LogP contribution in [0.1, 0.15) is 25.0 Å². The number of aromatic nitrogens is 2. The van der Waals surface area contributed by atoms with Crippen molar-refractivity contribution in [1.29, 1.82) is 0 Å². The monoisotopic (exact) mass is 246 g/mol. The molecule has 1 aromatic carbocycles. The maximum atomic E-state index is 9.67. The lowest BCUT2D eigenvalue weighted by atomic mass is 10.1. The van der Waals surface area contributed by atoms with Gasteiger partial charge in [0.2, 0.25) is 0 Å². The molecule has 1 N–H and O–H groups in total. The molecule has 4 heteroatoms. The molecule has 0 aliphatic rings. The van der Waals surface area contributed by atoms with Crippen molar-refractivity contribution < 1.29 is 9.84 Å². The van der Waals surface area contributed by atoms with Crippen molar-refractivity contribution in [1.82, 2.24) is 9.55 Å². The smallest absolute Gasteiger partial charge is 0.119 e. The minimum absolute atomic E-state index is 0.384. The zero-order chi connectivity index (χ0) is 12.8. The molecule has 0 aliphatic carbocycles. The first kappa shape index (κ1) is 12.6. The quantitative estimate of drug-likeness (QED) is 0.851. The van der Waals surface area contributed by atoms with E-state index in [9.17, 15) is 5.11 Å². The molecule has 1 aromatic heterocycles. The molecular weight excluding hydrogens is 228 g/mol. The molecule has 2 rings (SSSR count). The highest BCUT2D eigenvalue weighted by Gasteiger charge is 2.04. The molecule has 0 saturated carbocycles. The minimum Gasteiger partial charge on any atom is -0.492 e. The molecule has 0 radical (unpaired) electrons. The van der Waals surface area contributed by atoms with Crippen LogP contribution < -0.4 is 4.74 Å². The van der Waals surface area contributed by atoms with Crippen LogP contribution in [0.25, 0.3) is 0 Å². The fraction of sp³-hybridized carbons (Fsp3) is 0.357. The van der Waals surface area contributed by atoms with Gasteiger partial charge in [-0.25, -0.2) is 4.98 Å². The highest BCUT2D eigenvalue weighted by atomic mass is 16.5. The first-order valence-corrected chi connectivity index (χ1v) is 6.16. The lowest BCUT2D eigenvalue weighted by molar-refractivity contribution is 0.173. The van der Waals surface area contributed by atoms with Gasteiger partial charge >= 0.3 is 0 Å². The molecule has 1 unspecified atom stereocenters. The molecule has 0 amide bonds. The number of ether oxygens (including phenoxy) is 1. The van der Waals surface area contributed by atoms with Crippen molar-refractivity contribution in [3.05, 3.63) is 48.5 Å². The van der Waals surface area contributed by atoms with Crippen LogP contribution in [0.5, 0.6) is 5.75 Å². The standard InChI is InChI=1S/C14H18N2O2/c1-2-14(17)12-3-5-13(6-4-12)18-10-9-16-8-7-15-11-16/h3-8,11,14,17H,2,9-10H2,1H3. The van der Waals surface area contributed by atoms with Crippen LogP contribution in [0.2, 0.25) is 0 Å². The normalized spacial score (nSPS) is 12.3. The van der Waals surface area contributed by atoms with Gasteiger partial charge < -0.3 is 14.4 Å². The van der Waals surface area contributed by atoms with E-state index in [2.05, 4.69) is 4.98 Å². The van der Waals surface area contributed by atoms with Crippen LogP contribution in [0.4, 0.5) is 0 Å². The molecule has 0 spiro atoms. The second-order valence-electron chi connectivity index (χ2n) is 4.14. The Morgan fingerprint density at radius 1 is 1.33 bits per heavy atom. The summed E-state index contributed by atoms with van der Waals surface area (Å²) in [6.07, 6.45) is 5.76. The Labute approximate surface area is 107 Å². The predicted octanol–water partition coefficient (Wildman–Crippen LogP) is 2.41. The highest BCUT2D eigenvalue weighted by molar-refractivity contribution is 5.28. The summed E-state index contributed by atoms with van der Waals surface area (Å²) < 4.78 is 7.58. The Kier molecular flexibility index (Phi) is 4.36. The van der Waals surface area contributed by atoms with E-state index < -0.39 is 0 Å². The average molecular weight is 246 g/mol. The van der Waals surface area contributed by atoms with E-state index in [-0.39, 0.29) is 6.10 Å². The lowest BCUT2D eigenvalue weighted by Gasteiger charge is -2.10. The first-order chi connectivity index (χ1) is 8.79. The molecular formula is C14H18N2O2. The Balaban J connectivity index is 1.83. The molecule has 0 fully saturated rings. The van der Waals surface area contributed by atoms with E-state index in [0.717, 1.165) is 24.3 Å². The molecule has 2 aromatic rings. The summed E-state index contributed by atoms with van der Waals surface area (Å²) in [7, 11) is 0. The minimum atomic E-state index is -0.384. The van der Waals surface area contributed by atoms with Crippen molar-refractivity contribution >= 4 is 0 Å². The number of hydrogen-bond acceptors (Lipinski definition) is 3. The van der Waals surface area contributed by atoms with Crippen LogP contribution in [-0.4, -0.2) is 21.3 Å². The van der Waals surface area contributed by atoms with E-state index in [1.807, 2.05) is 42.0 Å². The summed E-state index contributed by atoms with van der Waals surface area (Å²) in [6, 6.07) is 7.59. The van der Waals surface area contributed by atoms with Gasteiger partial charge in [0, 0.05) is 12.4 Å². The summed E-state index contributed by atoms with van der Waals surface area (Å²) in [5, 5.41) is 9.67. The van der Waals surface area contributed by atoms with Gasteiger partial charge in [0.1, 0.15) is 12.4 Å². The van der Waals surface area contributed by atoms with Gasteiger partial charge in [0.05, 0.1) is 19.0 Å². The third-order valence-corrected chi connectivity index (χ3v) is 2.83. The van der Waals surface area contributed by atoms with E-state index >= 15 is 0 Å². The second kappa shape index (κ2) is 6.21. The van der Waals surface area contributed by atoms with Crippen molar-refractivity contribution in [2.45, 2.75) is 26.0 Å². The molecule has 0 aliphatic heterocycles. The Morgan fingerprint density at radius 3 is 2.72 bits per heavy atom. The number of hydrogen-bond donors (Lipinski definition) is 1. The van der Waals surface area contributed by atoms with E-state index in [1.165, 1.54) is 0 Å². The fourth-order valence-electron chi connectivity index (χ4n) is 1.71. The number of aliphatic hydroxyl groups excluding tert-OH is 1. The van der Waals surface area contributed by atoms with Crippen LogP contribution in [0, 0.1) is 0 Å². The molecule has 4 nitrogen and oxygen atoms in total. The van der Waals surface area contributed by atoms with Crippen LogP contribution in [-0.2, 0) is 6.54 Å². The average Bonchev–Trinajstić information content (AvgIpc) is 2.92. The first-order valence-electron chi connectivity index (χ1n) is 6.16. The fourth-order valence-corrected chi connectivity index (χ4v) is 1.71. The van der Waals surface area contributed by atoms with E-state index in [4.69, 9.17) is 4.74 Å². The maximum Gasteiger partial charge on any atom is 0.119 e. The zero-order valence-corrected chi connectivity index (χ0v) is 10.5. The summed E-state index contributed by atoms with van der Waals surface area (Å²) in [5.74, 6) is 0.821. The van der Waals surface area contributed by atoms with E-state index in [1.54, 1.807) is 12.5 Å². The number of imidazole rings is 1. The number of benzene rings is 1. The Morgan fingerprint density at radius 2 is 2.11 bits per heavy atom. The van der Waals surface area contributed by atoms with E-state index in [0.29, 0.717) is 6.61 Å². The third-order valence-electron chi connectivity index (χ3n) is 2.83. The predicted molar refractivity (Wildman–Crippen MR) is 69.4 cm³/mol. The Hall–Kier alpha value is -1.81. The SMILES string of the molecule is CCC(O)c1ccc(OCCn2ccnc2)cc1. The molecule has 0 saturated heterocycles. The summed E-state index contributed by atoms with van der Waals surface area (Å²) in [5.41, 5.74) is 0.930. The van der Waals surface area contributed by atoms with Gasteiger partial charge in [0.15, 0.2) is 0 Å². The molecule has 18 heavy (non-hydrogen) atoms. The highest BCUT2D eigenvalue weighted by Crippen LogP contribution is 2.19.